The van der Waals surface area contributed by atoms with Gasteiger partial charge < -0.3 is 10.0 Å². The molecular formula is C13H20N2O3S. The van der Waals surface area contributed by atoms with Crippen molar-refractivity contribution in [2.24, 2.45) is 0 Å². The minimum atomic E-state index is -3.32. The van der Waals surface area contributed by atoms with E-state index in [0.717, 1.165) is 25.1 Å². The van der Waals surface area contributed by atoms with E-state index in [1.54, 1.807) is 24.3 Å². The summed E-state index contributed by atoms with van der Waals surface area (Å²) in [6, 6.07) is 7.03. The Kier molecular flexibility index (Phi) is 4.57. The fourth-order valence-electron chi connectivity index (χ4n) is 2.36. The quantitative estimate of drug-likeness (QED) is 0.816. The summed E-state index contributed by atoms with van der Waals surface area (Å²) in [4.78, 5) is 2.11. The molecule has 1 fully saturated rings. The highest BCUT2D eigenvalue weighted by Crippen LogP contribution is 2.12. The van der Waals surface area contributed by atoms with Gasteiger partial charge in [0.05, 0.1) is 12.4 Å². The molecule has 19 heavy (non-hydrogen) atoms. The van der Waals surface area contributed by atoms with Crippen LogP contribution in [0.1, 0.15) is 17.5 Å². The summed E-state index contributed by atoms with van der Waals surface area (Å²) in [7, 11) is -1.34. The summed E-state index contributed by atoms with van der Waals surface area (Å²) < 4.78 is 26.9. The van der Waals surface area contributed by atoms with Crippen molar-refractivity contribution in [3.05, 3.63) is 35.4 Å². The summed E-state index contributed by atoms with van der Waals surface area (Å²) in [5, 5.41) is 9.05. The second kappa shape index (κ2) is 6.00. The van der Waals surface area contributed by atoms with E-state index < -0.39 is 10.0 Å². The van der Waals surface area contributed by atoms with E-state index >= 15 is 0 Å². The molecule has 1 atom stereocenters. The molecule has 0 saturated carbocycles. The molecule has 0 aromatic heterocycles. The fourth-order valence-corrected chi connectivity index (χ4v) is 3.77. The normalized spacial score (nSPS) is 20.8. The first-order valence-electron chi connectivity index (χ1n) is 6.36. The molecule has 0 bridgehead atoms. The van der Waals surface area contributed by atoms with Gasteiger partial charge in [0.25, 0.3) is 0 Å². The first-order valence-corrected chi connectivity index (χ1v) is 8.01. The summed E-state index contributed by atoms with van der Waals surface area (Å²) in [6.45, 7) is 1.61. The van der Waals surface area contributed by atoms with Gasteiger partial charge in [0.2, 0.25) is 10.0 Å². The lowest BCUT2D eigenvalue weighted by Crippen LogP contribution is -2.37. The molecular weight excluding hydrogens is 264 g/mol. The number of likely N-dealkylation sites (tertiary alicyclic amines) is 1. The molecule has 1 heterocycles. The molecule has 106 valence electrons. The zero-order valence-corrected chi connectivity index (χ0v) is 11.9. The zero-order valence-electron chi connectivity index (χ0n) is 11.0. The molecule has 0 radical (unpaired) electrons. The van der Waals surface area contributed by atoms with Crippen LogP contribution >= 0.6 is 0 Å². The van der Waals surface area contributed by atoms with E-state index in [0.29, 0.717) is 5.56 Å². The molecule has 0 amide bonds. The summed E-state index contributed by atoms with van der Waals surface area (Å²) in [5.74, 6) is -0.0406. The van der Waals surface area contributed by atoms with Gasteiger partial charge in [-0.1, -0.05) is 24.3 Å². The van der Waals surface area contributed by atoms with Crippen LogP contribution in [-0.2, 0) is 22.4 Å². The van der Waals surface area contributed by atoms with Crippen molar-refractivity contribution >= 4 is 10.0 Å². The van der Waals surface area contributed by atoms with Crippen LogP contribution in [0.4, 0.5) is 0 Å². The third kappa shape index (κ3) is 4.28. The number of hydrogen-bond acceptors (Lipinski definition) is 4. The van der Waals surface area contributed by atoms with Crippen molar-refractivity contribution in [3.8, 4) is 0 Å². The van der Waals surface area contributed by atoms with Crippen molar-refractivity contribution in [2.75, 3.05) is 20.1 Å². The summed E-state index contributed by atoms with van der Waals surface area (Å²) in [5.41, 5.74) is 1.43. The lowest BCUT2D eigenvalue weighted by atomic mass is 10.1. The maximum atomic E-state index is 12.1. The van der Waals surface area contributed by atoms with Gasteiger partial charge in [-0.2, -0.15) is 0 Å². The molecule has 5 nitrogen and oxygen atoms in total. The molecule has 2 N–H and O–H groups in total. The third-order valence-corrected chi connectivity index (χ3v) is 4.67. The number of aliphatic hydroxyl groups excluding tert-OH is 1. The van der Waals surface area contributed by atoms with E-state index in [9.17, 15) is 8.42 Å². The Morgan fingerprint density at radius 1 is 1.42 bits per heavy atom. The SMILES string of the molecule is CN1CCC(NS(=O)(=O)Cc2cccc(CO)c2)C1. The second-order valence-electron chi connectivity index (χ2n) is 5.10. The highest BCUT2D eigenvalue weighted by Gasteiger charge is 2.24. The average Bonchev–Trinajstić information content (AvgIpc) is 2.73. The lowest BCUT2D eigenvalue weighted by Gasteiger charge is -2.13. The molecule has 1 aliphatic rings. The Labute approximate surface area is 114 Å². The Balaban J connectivity index is 2.00. The molecule has 1 aromatic carbocycles. The van der Waals surface area contributed by atoms with Crippen LogP contribution in [0.2, 0.25) is 0 Å². The number of aliphatic hydroxyl groups is 1. The number of rotatable bonds is 5. The number of likely N-dealkylation sites (N-methyl/N-ethyl adjacent to an activating group) is 1. The van der Waals surface area contributed by atoms with Gasteiger partial charge >= 0.3 is 0 Å². The number of nitrogens with one attached hydrogen (secondary N) is 1. The van der Waals surface area contributed by atoms with Gasteiger partial charge in [-0.3, -0.25) is 0 Å². The molecule has 1 aliphatic heterocycles. The molecule has 6 heteroatoms. The van der Waals surface area contributed by atoms with Gasteiger partial charge in [-0.15, -0.1) is 0 Å². The van der Waals surface area contributed by atoms with E-state index in [1.807, 2.05) is 7.05 Å². The molecule has 1 saturated heterocycles. The first kappa shape index (κ1) is 14.5. The highest BCUT2D eigenvalue weighted by molar-refractivity contribution is 7.88. The number of hydrogen-bond donors (Lipinski definition) is 2. The zero-order chi connectivity index (χ0) is 13.9. The monoisotopic (exact) mass is 284 g/mol. The topological polar surface area (TPSA) is 69.6 Å². The molecule has 0 spiro atoms. The van der Waals surface area contributed by atoms with Crippen LogP contribution in [0.3, 0.4) is 0 Å². The predicted molar refractivity (Wildman–Crippen MR) is 74.0 cm³/mol. The standard InChI is InChI=1S/C13H20N2O3S/c1-15-6-5-13(8-15)14-19(17,18)10-12-4-2-3-11(7-12)9-16/h2-4,7,13-14,16H,5-6,8-10H2,1H3. The number of sulfonamides is 1. The Bertz CT molecular complexity index is 530. The van der Waals surface area contributed by atoms with Crippen LogP contribution in [0, 0.1) is 0 Å². The summed E-state index contributed by atoms with van der Waals surface area (Å²) >= 11 is 0. The van der Waals surface area contributed by atoms with Crippen LogP contribution in [0.25, 0.3) is 0 Å². The van der Waals surface area contributed by atoms with E-state index in [1.165, 1.54) is 0 Å². The van der Waals surface area contributed by atoms with Gasteiger partial charge in [-0.25, -0.2) is 13.1 Å². The summed E-state index contributed by atoms with van der Waals surface area (Å²) in [6.07, 6.45) is 0.854. The van der Waals surface area contributed by atoms with Gasteiger partial charge in [0, 0.05) is 12.6 Å². The Morgan fingerprint density at radius 3 is 2.79 bits per heavy atom. The van der Waals surface area contributed by atoms with Crippen LogP contribution in [-0.4, -0.2) is 44.6 Å². The molecule has 1 aromatic rings. The van der Waals surface area contributed by atoms with Crippen LogP contribution < -0.4 is 4.72 Å². The smallest absolute Gasteiger partial charge is 0.216 e. The first-order chi connectivity index (χ1) is 8.98. The minimum Gasteiger partial charge on any atom is -0.392 e. The van der Waals surface area contributed by atoms with Gasteiger partial charge in [-0.05, 0) is 31.1 Å². The highest BCUT2D eigenvalue weighted by atomic mass is 32.2. The average molecular weight is 284 g/mol. The molecule has 0 aliphatic carbocycles. The van der Waals surface area contributed by atoms with Crippen LogP contribution in [0.5, 0.6) is 0 Å². The maximum Gasteiger partial charge on any atom is 0.216 e. The van der Waals surface area contributed by atoms with Gasteiger partial charge in [0.1, 0.15) is 0 Å². The van der Waals surface area contributed by atoms with E-state index in [2.05, 4.69) is 9.62 Å². The number of nitrogens with zero attached hydrogens (tertiary/aromatic N) is 1. The van der Waals surface area contributed by atoms with Crippen molar-refractivity contribution in [1.82, 2.24) is 9.62 Å². The Morgan fingerprint density at radius 2 is 2.16 bits per heavy atom. The largest absolute Gasteiger partial charge is 0.392 e. The van der Waals surface area contributed by atoms with Crippen molar-refractivity contribution in [1.29, 1.82) is 0 Å². The molecule has 2 rings (SSSR count). The van der Waals surface area contributed by atoms with E-state index in [4.69, 9.17) is 5.11 Å². The second-order valence-corrected chi connectivity index (χ2v) is 6.86. The van der Waals surface area contributed by atoms with E-state index in [-0.39, 0.29) is 18.4 Å². The fraction of sp³-hybridized carbons (Fsp3) is 0.538. The number of benzene rings is 1. The van der Waals surface area contributed by atoms with Gasteiger partial charge in [0.15, 0.2) is 0 Å². The predicted octanol–water partition coefficient (Wildman–Crippen LogP) is 0.302. The molecule has 1 unspecified atom stereocenters. The third-order valence-electron chi connectivity index (χ3n) is 3.27. The van der Waals surface area contributed by atoms with Crippen molar-refractivity contribution in [3.63, 3.8) is 0 Å². The van der Waals surface area contributed by atoms with Crippen LogP contribution in [0.15, 0.2) is 24.3 Å². The van der Waals surface area contributed by atoms with Crippen molar-refractivity contribution < 1.29 is 13.5 Å². The Hall–Kier alpha value is -0.950. The minimum absolute atomic E-state index is 0.0102. The lowest BCUT2D eigenvalue weighted by molar-refractivity contribution is 0.282. The maximum absolute atomic E-state index is 12.1. The van der Waals surface area contributed by atoms with Crippen molar-refractivity contribution in [2.45, 2.75) is 24.8 Å².